The zero-order valence-electron chi connectivity index (χ0n) is 10.4. The Labute approximate surface area is 106 Å². The van der Waals surface area contributed by atoms with Crippen molar-refractivity contribution in [2.75, 3.05) is 6.54 Å². The first kappa shape index (κ1) is 12.9. The molecule has 0 aromatic heterocycles. The lowest BCUT2D eigenvalue weighted by atomic mass is 9.98. The predicted molar refractivity (Wildman–Crippen MR) is 66.9 cm³/mol. The highest BCUT2D eigenvalue weighted by molar-refractivity contribution is 5.97. The summed E-state index contributed by atoms with van der Waals surface area (Å²) in [6.45, 7) is 2.72. The summed E-state index contributed by atoms with van der Waals surface area (Å²) >= 11 is 0. The van der Waals surface area contributed by atoms with E-state index in [9.17, 15) is 14.3 Å². The Morgan fingerprint density at radius 1 is 1.50 bits per heavy atom. The summed E-state index contributed by atoms with van der Waals surface area (Å²) in [5.74, 6) is -0.481. The summed E-state index contributed by atoms with van der Waals surface area (Å²) in [7, 11) is 0. The molecular weight excluding hydrogens is 233 g/mol. The van der Waals surface area contributed by atoms with Crippen molar-refractivity contribution < 1.29 is 14.3 Å². The molecule has 2 N–H and O–H groups in total. The molecule has 3 nitrogen and oxygen atoms in total. The highest BCUT2D eigenvalue weighted by Gasteiger charge is 2.24. The van der Waals surface area contributed by atoms with Gasteiger partial charge in [0, 0.05) is 6.54 Å². The zero-order chi connectivity index (χ0) is 13.1. The van der Waals surface area contributed by atoms with E-state index >= 15 is 0 Å². The number of hydrogen-bond donors (Lipinski definition) is 2. The van der Waals surface area contributed by atoms with Crippen molar-refractivity contribution in [1.82, 2.24) is 5.32 Å². The first-order valence-corrected chi connectivity index (χ1v) is 6.35. The summed E-state index contributed by atoms with van der Waals surface area (Å²) in [4.78, 5) is 11.8. The molecule has 0 spiro atoms. The maximum Gasteiger partial charge on any atom is 0.258 e. The van der Waals surface area contributed by atoms with Crippen LogP contribution in [0, 0.1) is 17.7 Å². The monoisotopic (exact) mass is 251 g/mol. The quantitative estimate of drug-likeness (QED) is 0.867. The first-order valence-electron chi connectivity index (χ1n) is 6.35. The molecule has 98 valence electrons. The van der Waals surface area contributed by atoms with Gasteiger partial charge >= 0.3 is 0 Å². The van der Waals surface area contributed by atoms with Gasteiger partial charge in [-0.1, -0.05) is 25.8 Å². The molecule has 0 radical (unpaired) electrons. The Morgan fingerprint density at radius 3 is 2.89 bits per heavy atom. The second-order valence-electron chi connectivity index (χ2n) is 5.01. The van der Waals surface area contributed by atoms with Crippen LogP contribution < -0.4 is 5.32 Å². The van der Waals surface area contributed by atoms with Gasteiger partial charge in [-0.05, 0) is 30.4 Å². The minimum atomic E-state index is -0.688. The lowest BCUT2D eigenvalue weighted by Gasteiger charge is -2.16. The first-order chi connectivity index (χ1) is 8.59. The number of benzene rings is 1. The molecule has 0 heterocycles. The second-order valence-corrected chi connectivity index (χ2v) is 5.01. The van der Waals surface area contributed by atoms with E-state index in [2.05, 4.69) is 12.2 Å². The van der Waals surface area contributed by atoms with Gasteiger partial charge in [0.2, 0.25) is 0 Å². The van der Waals surface area contributed by atoms with Crippen LogP contribution >= 0.6 is 0 Å². The molecule has 1 amide bonds. The molecule has 0 aliphatic heterocycles. The number of hydrogen-bond acceptors (Lipinski definition) is 2. The zero-order valence-corrected chi connectivity index (χ0v) is 10.4. The summed E-state index contributed by atoms with van der Waals surface area (Å²) in [6, 6.07) is 3.86. The summed E-state index contributed by atoms with van der Waals surface area (Å²) in [5, 5.41) is 12.2. The third-order valence-electron chi connectivity index (χ3n) is 3.78. The molecule has 1 aromatic rings. The van der Waals surface area contributed by atoms with Gasteiger partial charge in [-0.15, -0.1) is 0 Å². The molecule has 2 rings (SSSR count). The van der Waals surface area contributed by atoms with Gasteiger partial charge in [0.15, 0.2) is 0 Å². The summed E-state index contributed by atoms with van der Waals surface area (Å²) in [5.41, 5.74) is -0.261. The van der Waals surface area contributed by atoms with Crippen LogP contribution in [0.5, 0.6) is 5.75 Å². The Kier molecular flexibility index (Phi) is 3.84. The van der Waals surface area contributed by atoms with Crippen LogP contribution in [0.3, 0.4) is 0 Å². The van der Waals surface area contributed by atoms with Gasteiger partial charge in [0.1, 0.15) is 17.1 Å². The average molecular weight is 251 g/mol. The van der Waals surface area contributed by atoms with Crippen LogP contribution in [-0.4, -0.2) is 17.6 Å². The van der Waals surface area contributed by atoms with Crippen molar-refractivity contribution in [2.45, 2.75) is 26.2 Å². The fourth-order valence-corrected chi connectivity index (χ4v) is 2.58. The molecule has 2 atom stereocenters. The van der Waals surface area contributed by atoms with E-state index in [1.807, 2.05) is 0 Å². The van der Waals surface area contributed by atoms with Gasteiger partial charge in [0.05, 0.1) is 0 Å². The number of amides is 1. The third kappa shape index (κ3) is 2.63. The maximum atomic E-state index is 13.5. The van der Waals surface area contributed by atoms with Crippen LogP contribution in [0.4, 0.5) is 4.39 Å². The lowest BCUT2D eigenvalue weighted by Crippen LogP contribution is -2.30. The number of carbonyl (C=O) groups excluding carboxylic acids is 1. The molecule has 18 heavy (non-hydrogen) atoms. The third-order valence-corrected chi connectivity index (χ3v) is 3.78. The number of halogens is 1. The van der Waals surface area contributed by atoms with E-state index in [0.29, 0.717) is 18.4 Å². The van der Waals surface area contributed by atoms with Crippen LogP contribution in [0.2, 0.25) is 0 Å². The van der Waals surface area contributed by atoms with Crippen molar-refractivity contribution >= 4 is 5.91 Å². The number of carbonyl (C=O) groups is 1. The molecule has 1 aliphatic rings. The van der Waals surface area contributed by atoms with Crippen molar-refractivity contribution in [3.05, 3.63) is 29.6 Å². The number of nitrogens with one attached hydrogen (secondary N) is 1. The minimum absolute atomic E-state index is 0.261. The fourth-order valence-electron chi connectivity index (χ4n) is 2.58. The molecule has 1 aromatic carbocycles. The van der Waals surface area contributed by atoms with Gasteiger partial charge in [0.25, 0.3) is 5.91 Å². The fraction of sp³-hybridized carbons (Fsp3) is 0.500. The Bertz CT molecular complexity index is 427. The van der Waals surface area contributed by atoms with Crippen LogP contribution in [0.25, 0.3) is 0 Å². The lowest BCUT2D eigenvalue weighted by molar-refractivity contribution is 0.0937. The molecule has 1 fully saturated rings. The highest BCUT2D eigenvalue weighted by atomic mass is 19.1. The smallest absolute Gasteiger partial charge is 0.258 e. The Hall–Kier alpha value is -1.58. The van der Waals surface area contributed by atoms with Crippen LogP contribution in [0.1, 0.15) is 36.5 Å². The standard InChI is InChI=1S/C14H18FNO2/c1-9-4-2-5-10(9)8-16-14(18)13-11(15)6-3-7-12(13)17/h3,6-7,9-10,17H,2,4-5,8H2,1H3,(H,16,18). The minimum Gasteiger partial charge on any atom is -0.507 e. The van der Waals surface area contributed by atoms with E-state index in [0.717, 1.165) is 6.42 Å². The van der Waals surface area contributed by atoms with Crippen molar-refractivity contribution in [3.8, 4) is 5.75 Å². The van der Waals surface area contributed by atoms with Crippen molar-refractivity contribution in [1.29, 1.82) is 0 Å². The van der Waals surface area contributed by atoms with Gasteiger partial charge in [-0.25, -0.2) is 4.39 Å². The SMILES string of the molecule is CC1CCCC1CNC(=O)c1c(O)cccc1F. The molecule has 0 saturated heterocycles. The van der Waals surface area contributed by atoms with Crippen LogP contribution in [-0.2, 0) is 0 Å². The Morgan fingerprint density at radius 2 is 2.28 bits per heavy atom. The molecule has 4 heteroatoms. The number of rotatable bonds is 3. The molecule has 1 aliphatic carbocycles. The molecular formula is C14H18FNO2. The Balaban J connectivity index is 1.99. The van der Waals surface area contributed by atoms with Crippen molar-refractivity contribution in [2.24, 2.45) is 11.8 Å². The predicted octanol–water partition coefficient (Wildman–Crippen LogP) is 2.70. The van der Waals surface area contributed by atoms with E-state index < -0.39 is 11.7 Å². The largest absolute Gasteiger partial charge is 0.507 e. The van der Waals surface area contributed by atoms with Gasteiger partial charge in [-0.3, -0.25) is 4.79 Å². The normalized spacial score (nSPS) is 23.0. The van der Waals surface area contributed by atoms with Gasteiger partial charge < -0.3 is 10.4 Å². The maximum absolute atomic E-state index is 13.5. The highest BCUT2D eigenvalue weighted by Crippen LogP contribution is 2.30. The van der Waals surface area contributed by atoms with Crippen LogP contribution in [0.15, 0.2) is 18.2 Å². The van der Waals surface area contributed by atoms with E-state index in [1.165, 1.54) is 31.0 Å². The van der Waals surface area contributed by atoms with E-state index in [1.54, 1.807) is 0 Å². The summed E-state index contributed by atoms with van der Waals surface area (Å²) < 4.78 is 13.5. The second kappa shape index (κ2) is 5.38. The molecule has 2 unspecified atom stereocenters. The number of phenols is 1. The average Bonchev–Trinajstić information content (AvgIpc) is 2.72. The number of phenolic OH excluding ortho intramolecular Hbond substituents is 1. The topological polar surface area (TPSA) is 49.3 Å². The summed E-state index contributed by atoms with van der Waals surface area (Å²) in [6.07, 6.45) is 3.48. The molecule has 0 bridgehead atoms. The van der Waals surface area contributed by atoms with E-state index in [-0.39, 0.29) is 11.3 Å². The van der Waals surface area contributed by atoms with Crippen molar-refractivity contribution in [3.63, 3.8) is 0 Å². The van der Waals surface area contributed by atoms with E-state index in [4.69, 9.17) is 0 Å². The van der Waals surface area contributed by atoms with Gasteiger partial charge in [-0.2, -0.15) is 0 Å². The molecule has 1 saturated carbocycles. The number of aromatic hydroxyl groups is 1.